The SMILES string of the molecule is O=C(c1ccccc1)c1cc2c(o1)C(=O)c1ncccc1C2=O. The van der Waals surface area contributed by atoms with Crippen molar-refractivity contribution in [1.29, 1.82) is 0 Å². The van der Waals surface area contributed by atoms with Crippen molar-refractivity contribution in [3.63, 3.8) is 0 Å². The average Bonchev–Trinajstić information content (AvgIpc) is 3.05. The summed E-state index contributed by atoms with van der Waals surface area (Å²) < 4.78 is 5.40. The standard InChI is InChI=1S/C18H9NO4/c20-15(10-5-2-1-3-6-10)13-9-12-16(21)11-7-4-8-19-14(11)17(22)18(12)23-13/h1-9H. The predicted molar refractivity (Wildman–Crippen MR) is 79.7 cm³/mol. The molecule has 0 fully saturated rings. The largest absolute Gasteiger partial charge is 0.448 e. The van der Waals surface area contributed by atoms with E-state index in [-0.39, 0.29) is 39.9 Å². The molecule has 1 aromatic carbocycles. The quantitative estimate of drug-likeness (QED) is 0.532. The Kier molecular flexibility index (Phi) is 2.81. The van der Waals surface area contributed by atoms with Crippen LogP contribution in [0.25, 0.3) is 0 Å². The van der Waals surface area contributed by atoms with Gasteiger partial charge in [0.25, 0.3) is 0 Å². The van der Waals surface area contributed by atoms with E-state index in [2.05, 4.69) is 4.98 Å². The van der Waals surface area contributed by atoms with Crippen LogP contribution in [0.4, 0.5) is 0 Å². The first-order valence-corrected chi connectivity index (χ1v) is 6.95. The number of benzene rings is 1. The van der Waals surface area contributed by atoms with E-state index < -0.39 is 5.78 Å². The zero-order chi connectivity index (χ0) is 16.0. The monoisotopic (exact) mass is 303 g/mol. The fourth-order valence-corrected chi connectivity index (χ4v) is 2.59. The van der Waals surface area contributed by atoms with Crippen molar-refractivity contribution >= 4 is 17.3 Å². The van der Waals surface area contributed by atoms with Crippen LogP contribution in [0, 0.1) is 0 Å². The van der Waals surface area contributed by atoms with Gasteiger partial charge in [0.05, 0.1) is 11.1 Å². The summed E-state index contributed by atoms with van der Waals surface area (Å²) in [5.41, 5.74) is 0.812. The number of furan rings is 1. The molecule has 5 nitrogen and oxygen atoms in total. The number of ketones is 3. The van der Waals surface area contributed by atoms with Gasteiger partial charge in [-0.3, -0.25) is 19.4 Å². The van der Waals surface area contributed by atoms with Gasteiger partial charge >= 0.3 is 0 Å². The van der Waals surface area contributed by atoms with Crippen molar-refractivity contribution in [3.05, 3.63) is 88.6 Å². The minimum Gasteiger partial charge on any atom is -0.448 e. The fraction of sp³-hybridized carbons (Fsp3) is 0. The Bertz CT molecular complexity index is 917. The van der Waals surface area contributed by atoms with Crippen molar-refractivity contribution < 1.29 is 18.8 Å². The summed E-state index contributed by atoms with van der Waals surface area (Å²) in [6, 6.07) is 13.0. The van der Waals surface area contributed by atoms with Crippen LogP contribution in [0.1, 0.15) is 48.3 Å². The van der Waals surface area contributed by atoms with Crippen molar-refractivity contribution in [2.24, 2.45) is 0 Å². The minimum absolute atomic E-state index is 0.0318. The summed E-state index contributed by atoms with van der Waals surface area (Å²) in [6.07, 6.45) is 1.44. The van der Waals surface area contributed by atoms with Gasteiger partial charge in [-0.05, 0) is 18.2 Å². The Morgan fingerprint density at radius 2 is 1.70 bits per heavy atom. The number of pyridine rings is 1. The molecule has 2 aromatic heterocycles. The van der Waals surface area contributed by atoms with Gasteiger partial charge in [-0.15, -0.1) is 0 Å². The number of aromatic nitrogens is 1. The molecule has 23 heavy (non-hydrogen) atoms. The van der Waals surface area contributed by atoms with Gasteiger partial charge in [0.2, 0.25) is 11.6 Å². The molecule has 0 atom stereocenters. The molecule has 0 saturated heterocycles. The number of hydrogen-bond donors (Lipinski definition) is 0. The molecule has 0 unspecified atom stereocenters. The van der Waals surface area contributed by atoms with Gasteiger partial charge in [0, 0.05) is 11.8 Å². The van der Waals surface area contributed by atoms with Gasteiger partial charge < -0.3 is 4.42 Å². The lowest BCUT2D eigenvalue weighted by Crippen LogP contribution is -2.20. The molecular formula is C18H9NO4. The lowest BCUT2D eigenvalue weighted by Gasteiger charge is -2.10. The minimum atomic E-state index is -0.484. The van der Waals surface area contributed by atoms with Gasteiger partial charge in [-0.25, -0.2) is 0 Å². The third-order valence-electron chi connectivity index (χ3n) is 3.71. The van der Waals surface area contributed by atoms with Crippen molar-refractivity contribution in [3.8, 4) is 0 Å². The van der Waals surface area contributed by atoms with E-state index in [0.717, 1.165) is 0 Å². The smallest absolute Gasteiger partial charge is 0.248 e. The molecule has 0 amide bonds. The summed E-state index contributed by atoms with van der Waals surface area (Å²) in [5, 5.41) is 0. The Balaban J connectivity index is 1.83. The van der Waals surface area contributed by atoms with Crippen LogP contribution in [-0.4, -0.2) is 22.3 Å². The molecule has 4 rings (SSSR count). The first-order chi connectivity index (χ1) is 11.2. The van der Waals surface area contributed by atoms with Crippen molar-refractivity contribution in [1.82, 2.24) is 4.98 Å². The van der Waals surface area contributed by atoms with E-state index in [0.29, 0.717) is 5.56 Å². The van der Waals surface area contributed by atoms with Crippen molar-refractivity contribution in [2.45, 2.75) is 0 Å². The summed E-state index contributed by atoms with van der Waals surface area (Å²) in [6.45, 7) is 0. The molecular weight excluding hydrogens is 294 g/mol. The second-order valence-corrected chi connectivity index (χ2v) is 5.11. The van der Waals surface area contributed by atoms with Gasteiger partial charge in [0.1, 0.15) is 5.69 Å². The van der Waals surface area contributed by atoms with Crippen LogP contribution in [0.5, 0.6) is 0 Å². The van der Waals surface area contributed by atoms with E-state index in [1.807, 2.05) is 0 Å². The number of nitrogens with zero attached hydrogens (tertiary/aromatic N) is 1. The molecule has 0 N–H and O–H groups in total. The highest BCUT2D eigenvalue weighted by Crippen LogP contribution is 2.29. The van der Waals surface area contributed by atoms with E-state index in [4.69, 9.17) is 4.42 Å². The molecule has 5 heteroatoms. The van der Waals surface area contributed by atoms with Gasteiger partial charge in [0.15, 0.2) is 17.3 Å². The Hall–Kier alpha value is -3.34. The molecule has 3 aromatic rings. The van der Waals surface area contributed by atoms with Crippen LogP contribution in [0.15, 0.2) is 59.1 Å². The van der Waals surface area contributed by atoms with E-state index >= 15 is 0 Å². The van der Waals surface area contributed by atoms with Crippen LogP contribution in [-0.2, 0) is 0 Å². The Labute approximate surface area is 130 Å². The molecule has 2 heterocycles. The second kappa shape index (κ2) is 4.84. The third kappa shape index (κ3) is 1.94. The van der Waals surface area contributed by atoms with Gasteiger partial charge in [-0.2, -0.15) is 0 Å². The topological polar surface area (TPSA) is 77.2 Å². The molecule has 1 aliphatic carbocycles. The van der Waals surface area contributed by atoms with Crippen LogP contribution < -0.4 is 0 Å². The molecule has 1 aliphatic rings. The Morgan fingerprint density at radius 3 is 2.48 bits per heavy atom. The third-order valence-corrected chi connectivity index (χ3v) is 3.71. The molecule has 0 saturated carbocycles. The molecule has 0 radical (unpaired) electrons. The van der Waals surface area contributed by atoms with E-state index in [9.17, 15) is 14.4 Å². The number of carbonyl (C=O) groups is 3. The first kappa shape index (κ1) is 13.3. The Morgan fingerprint density at radius 1 is 0.913 bits per heavy atom. The van der Waals surface area contributed by atoms with E-state index in [1.165, 1.54) is 18.3 Å². The molecule has 0 bridgehead atoms. The number of rotatable bonds is 2. The summed E-state index contributed by atoms with van der Waals surface area (Å²) >= 11 is 0. The normalized spacial score (nSPS) is 12.7. The fourth-order valence-electron chi connectivity index (χ4n) is 2.59. The molecule has 110 valence electrons. The lowest BCUT2D eigenvalue weighted by molar-refractivity contribution is 0.0947. The number of fused-ring (bicyclic) bond motifs is 2. The highest BCUT2D eigenvalue weighted by molar-refractivity contribution is 6.27. The lowest BCUT2D eigenvalue weighted by atomic mass is 9.92. The zero-order valence-corrected chi connectivity index (χ0v) is 11.8. The highest BCUT2D eigenvalue weighted by Gasteiger charge is 2.35. The molecule has 0 spiro atoms. The maximum Gasteiger partial charge on any atom is 0.248 e. The molecule has 0 aliphatic heterocycles. The van der Waals surface area contributed by atoms with E-state index in [1.54, 1.807) is 36.4 Å². The summed E-state index contributed by atoms with van der Waals surface area (Å²) in [4.78, 5) is 41.2. The average molecular weight is 303 g/mol. The number of hydrogen-bond acceptors (Lipinski definition) is 5. The maximum absolute atomic E-state index is 12.5. The summed E-state index contributed by atoms with van der Waals surface area (Å²) in [5.74, 6) is -1.38. The summed E-state index contributed by atoms with van der Waals surface area (Å²) in [7, 11) is 0. The van der Waals surface area contributed by atoms with Crippen LogP contribution in [0.2, 0.25) is 0 Å². The number of carbonyl (C=O) groups excluding carboxylic acids is 3. The second-order valence-electron chi connectivity index (χ2n) is 5.11. The predicted octanol–water partition coefficient (Wildman–Crippen LogP) is 2.68. The first-order valence-electron chi connectivity index (χ1n) is 6.95. The maximum atomic E-state index is 12.5. The van der Waals surface area contributed by atoms with Gasteiger partial charge in [-0.1, -0.05) is 30.3 Å². The zero-order valence-electron chi connectivity index (χ0n) is 11.8. The van der Waals surface area contributed by atoms with Crippen molar-refractivity contribution in [2.75, 3.05) is 0 Å². The highest BCUT2D eigenvalue weighted by atomic mass is 16.4. The van der Waals surface area contributed by atoms with Crippen LogP contribution in [0.3, 0.4) is 0 Å². The van der Waals surface area contributed by atoms with Crippen LogP contribution >= 0.6 is 0 Å².